The summed E-state index contributed by atoms with van der Waals surface area (Å²) in [5.41, 5.74) is 0. The molecule has 2 aliphatic carbocycles. The van der Waals surface area contributed by atoms with Gasteiger partial charge in [-0.2, -0.15) is 0 Å². The number of hydrogen-bond donors (Lipinski definition) is 1. The summed E-state index contributed by atoms with van der Waals surface area (Å²) >= 11 is 0. The normalized spacial score (nSPS) is 33.0. The highest BCUT2D eigenvalue weighted by Crippen LogP contribution is 2.35. The van der Waals surface area contributed by atoms with Gasteiger partial charge in [-0.25, -0.2) is 0 Å². The maximum absolute atomic E-state index is 3.60. The van der Waals surface area contributed by atoms with Crippen LogP contribution >= 0.6 is 0 Å². The van der Waals surface area contributed by atoms with Crippen molar-refractivity contribution in [3.05, 3.63) is 0 Å². The summed E-state index contributed by atoms with van der Waals surface area (Å²) in [6.07, 6.45) is 11.5. The summed E-state index contributed by atoms with van der Waals surface area (Å²) in [5.74, 6) is 2.66. The quantitative estimate of drug-likeness (QED) is 0.821. The Morgan fingerprint density at radius 2 is 1.75 bits per heavy atom. The van der Waals surface area contributed by atoms with Gasteiger partial charge in [-0.15, -0.1) is 0 Å². The highest BCUT2D eigenvalue weighted by atomic mass is 15.1. The molecule has 0 bridgehead atoms. The Morgan fingerprint density at radius 1 is 1.05 bits per heavy atom. The lowest BCUT2D eigenvalue weighted by Crippen LogP contribution is -2.47. The summed E-state index contributed by atoms with van der Waals surface area (Å²) in [7, 11) is 4.54. The molecule has 0 spiro atoms. The van der Waals surface area contributed by atoms with Crippen LogP contribution in [0.1, 0.15) is 65.2 Å². The lowest BCUT2D eigenvalue weighted by Gasteiger charge is -2.41. The average molecular weight is 280 g/mol. The molecule has 1 N–H and O–H groups in total. The third-order valence-electron chi connectivity index (χ3n) is 6.06. The van der Waals surface area contributed by atoms with E-state index < -0.39 is 0 Å². The van der Waals surface area contributed by atoms with Gasteiger partial charge in [-0.05, 0) is 64.0 Å². The summed E-state index contributed by atoms with van der Waals surface area (Å²) in [6.45, 7) is 6.12. The SMILES string of the molecule is CNC1CCC(C(C)C)CC1CN(C)C1CCCCC1. The molecule has 2 saturated carbocycles. The van der Waals surface area contributed by atoms with Crippen LogP contribution in [-0.2, 0) is 0 Å². The fraction of sp³-hybridized carbons (Fsp3) is 1.00. The van der Waals surface area contributed by atoms with Crippen LogP contribution in [0.25, 0.3) is 0 Å². The fourth-order valence-corrected chi connectivity index (χ4v) is 4.53. The van der Waals surface area contributed by atoms with Crippen LogP contribution in [0.15, 0.2) is 0 Å². The molecule has 20 heavy (non-hydrogen) atoms. The van der Waals surface area contributed by atoms with E-state index in [2.05, 4.69) is 38.2 Å². The van der Waals surface area contributed by atoms with Gasteiger partial charge in [0, 0.05) is 18.6 Å². The van der Waals surface area contributed by atoms with E-state index in [9.17, 15) is 0 Å². The lowest BCUT2D eigenvalue weighted by atomic mass is 9.73. The monoisotopic (exact) mass is 280 g/mol. The number of nitrogens with one attached hydrogen (secondary N) is 1. The van der Waals surface area contributed by atoms with Gasteiger partial charge >= 0.3 is 0 Å². The van der Waals surface area contributed by atoms with Crippen molar-refractivity contribution in [2.75, 3.05) is 20.6 Å². The second-order valence-electron chi connectivity index (χ2n) is 7.70. The van der Waals surface area contributed by atoms with Crippen molar-refractivity contribution < 1.29 is 0 Å². The van der Waals surface area contributed by atoms with Crippen molar-refractivity contribution in [3.63, 3.8) is 0 Å². The van der Waals surface area contributed by atoms with Crippen molar-refractivity contribution in [1.29, 1.82) is 0 Å². The largest absolute Gasteiger partial charge is 0.317 e. The second kappa shape index (κ2) is 7.79. The summed E-state index contributed by atoms with van der Waals surface area (Å²) in [4.78, 5) is 2.69. The van der Waals surface area contributed by atoms with E-state index in [1.165, 1.54) is 57.9 Å². The van der Waals surface area contributed by atoms with Gasteiger partial charge in [-0.3, -0.25) is 0 Å². The first-order valence-corrected chi connectivity index (χ1v) is 8.99. The highest BCUT2D eigenvalue weighted by Gasteiger charge is 2.32. The Labute approximate surface area is 126 Å². The van der Waals surface area contributed by atoms with E-state index in [-0.39, 0.29) is 0 Å². The minimum atomic E-state index is 0.746. The Hall–Kier alpha value is -0.0800. The third-order valence-corrected chi connectivity index (χ3v) is 6.06. The van der Waals surface area contributed by atoms with Crippen LogP contribution in [-0.4, -0.2) is 37.6 Å². The van der Waals surface area contributed by atoms with Crippen LogP contribution in [0.3, 0.4) is 0 Å². The van der Waals surface area contributed by atoms with Gasteiger partial charge in [-0.1, -0.05) is 33.1 Å². The van der Waals surface area contributed by atoms with Crippen LogP contribution in [0.5, 0.6) is 0 Å². The molecule has 3 atom stereocenters. The van der Waals surface area contributed by atoms with Crippen LogP contribution in [0.4, 0.5) is 0 Å². The maximum atomic E-state index is 3.60. The zero-order valence-electron chi connectivity index (χ0n) is 14.2. The number of hydrogen-bond acceptors (Lipinski definition) is 2. The summed E-state index contributed by atoms with van der Waals surface area (Å²) in [5, 5.41) is 3.60. The fourth-order valence-electron chi connectivity index (χ4n) is 4.53. The molecule has 118 valence electrons. The highest BCUT2D eigenvalue weighted by molar-refractivity contribution is 4.88. The minimum Gasteiger partial charge on any atom is -0.317 e. The van der Waals surface area contributed by atoms with Crippen molar-refractivity contribution in [1.82, 2.24) is 10.2 Å². The second-order valence-corrected chi connectivity index (χ2v) is 7.70. The van der Waals surface area contributed by atoms with Crippen molar-refractivity contribution in [2.24, 2.45) is 17.8 Å². The van der Waals surface area contributed by atoms with E-state index >= 15 is 0 Å². The van der Waals surface area contributed by atoms with Gasteiger partial charge in [0.05, 0.1) is 0 Å². The van der Waals surface area contributed by atoms with E-state index in [0.29, 0.717) is 0 Å². The van der Waals surface area contributed by atoms with E-state index in [1.807, 2.05) is 0 Å². The van der Waals surface area contributed by atoms with Gasteiger partial charge in [0.2, 0.25) is 0 Å². The first-order valence-electron chi connectivity index (χ1n) is 8.99. The molecule has 2 heteroatoms. The molecule has 0 heterocycles. The molecule has 0 saturated heterocycles. The van der Waals surface area contributed by atoms with Gasteiger partial charge < -0.3 is 10.2 Å². The van der Waals surface area contributed by atoms with Crippen molar-refractivity contribution in [2.45, 2.75) is 77.3 Å². The van der Waals surface area contributed by atoms with Crippen molar-refractivity contribution in [3.8, 4) is 0 Å². The molecular formula is C18H36N2. The Morgan fingerprint density at radius 3 is 2.35 bits per heavy atom. The Kier molecular flexibility index (Phi) is 6.35. The molecule has 2 fully saturated rings. The van der Waals surface area contributed by atoms with Gasteiger partial charge in [0.15, 0.2) is 0 Å². The molecule has 0 aromatic heterocycles. The van der Waals surface area contributed by atoms with E-state index in [4.69, 9.17) is 0 Å². The van der Waals surface area contributed by atoms with Crippen LogP contribution < -0.4 is 5.32 Å². The predicted molar refractivity (Wildman–Crippen MR) is 88.0 cm³/mol. The number of nitrogens with zero attached hydrogens (tertiary/aromatic N) is 1. The zero-order valence-corrected chi connectivity index (χ0v) is 14.2. The molecule has 2 nitrogen and oxygen atoms in total. The predicted octanol–water partition coefficient (Wildman–Crippen LogP) is 3.91. The number of rotatable bonds is 5. The molecule has 3 unspecified atom stereocenters. The zero-order chi connectivity index (χ0) is 14.5. The smallest absolute Gasteiger partial charge is 0.0105 e. The summed E-state index contributed by atoms with van der Waals surface area (Å²) < 4.78 is 0. The molecule has 0 radical (unpaired) electrons. The Bertz CT molecular complexity index is 271. The summed E-state index contributed by atoms with van der Waals surface area (Å²) in [6, 6.07) is 1.61. The molecule has 0 aromatic carbocycles. The topological polar surface area (TPSA) is 15.3 Å². The molecular weight excluding hydrogens is 244 g/mol. The van der Waals surface area contributed by atoms with Gasteiger partial charge in [0.25, 0.3) is 0 Å². The molecule has 0 aliphatic heterocycles. The van der Waals surface area contributed by atoms with Gasteiger partial charge in [0.1, 0.15) is 0 Å². The molecule has 2 aliphatic rings. The van der Waals surface area contributed by atoms with E-state index in [1.54, 1.807) is 0 Å². The van der Waals surface area contributed by atoms with E-state index in [0.717, 1.165) is 29.8 Å². The third kappa shape index (κ3) is 4.21. The molecule has 2 rings (SSSR count). The first-order chi connectivity index (χ1) is 9.61. The van der Waals surface area contributed by atoms with Crippen molar-refractivity contribution >= 4 is 0 Å². The lowest BCUT2D eigenvalue weighted by molar-refractivity contribution is 0.104. The average Bonchev–Trinajstić information content (AvgIpc) is 2.48. The minimum absolute atomic E-state index is 0.746. The Balaban J connectivity index is 1.89. The first kappa shape index (κ1) is 16.3. The maximum Gasteiger partial charge on any atom is 0.0105 e. The molecule has 0 amide bonds. The molecule has 0 aromatic rings. The van der Waals surface area contributed by atoms with Crippen LogP contribution in [0, 0.1) is 17.8 Å². The standard InChI is InChI=1S/C18H36N2/c1-14(2)15-10-11-18(19-3)16(12-15)13-20(4)17-8-6-5-7-9-17/h14-19H,5-13H2,1-4H3. The van der Waals surface area contributed by atoms with Crippen LogP contribution in [0.2, 0.25) is 0 Å².